The van der Waals surface area contributed by atoms with Crippen molar-refractivity contribution in [3.05, 3.63) is 31.4 Å². The molecule has 7 heteroatoms. The number of halogens is 1. The van der Waals surface area contributed by atoms with Gasteiger partial charge in [0.15, 0.2) is 0 Å². The zero-order valence-corrected chi connectivity index (χ0v) is 11.8. The first-order valence-electron chi connectivity index (χ1n) is 4.72. The molecule has 5 nitrogen and oxygen atoms in total. The Morgan fingerprint density at radius 1 is 1.59 bits per heavy atom. The first-order chi connectivity index (χ1) is 8.10. The predicted molar refractivity (Wildman–Crippen MR) is 74.5 cm³/mol. The number of nitro groups is 1. The second kappa shape index (κ2) is 6.66. The molecule has 90 valence electrons. The molecule has 0 atom stereocenters. The molecular weight excluding hydrogens is 355 g/mol. The van der Waals surface area contributed by atoms with Gasteiger partial charge in [-0.3, -0.25) is 10.1 Å². The monoisotopic (exact) mass is 364 g/mol. The van der Waals surface area contributed by atoms with E-state index in [4.69, 9.17) is 10.00 Å². The van der Waals surface area contributed by atoms with Crippen LogP contribution in [-0.2, 0) is 0 Å². The summed E-state index contributed by atoms with van der Waals surface area (Å²) in [4.78, 5) is 10.3. The molecule has 0 unspecified atom stereocenters. The number of hydrogen-bond acceptors (Lipinski definition) is 5. The molecule has 0 saturated carbocycles. The SMILES string of the molecule is N#Cc1cc(I)c(OCCCS)c([N+](=O)[O-])c1. The molecule has 0 aliphatic carbocycles. The van der Waals surface area contributed by atoms with Gasteiger partial charge in [-0.05, 0) is 40.8 Å². The first kappa shape index (κ1) is 14.1. The quantitative estimate of drug-likeness (QED) is 0.287. The Hall–Kier alpha value is -1.01. The van der Waals surface area contributed by atoms with Crippen molar-refractivity contribution < 1.29 is 9.66 Å². The summed E-state index contributed by atoms with van der Waals surface area (Å²) in [6, 6.07) is 4.66. The third-order valence-electron chi connectivity index (χ3n) is 1.90. The molecule has 0 fully saturated rings. The van der Waals surface area contributed by atoms with Crippen molar-refractivity contribution in [1.29, 1.82) is 5.26 Å². The van der Waals surface area contributed by atoms with Crippen LogP contribution < -0.4 is 4.74 Å². The van der Waals surface area contributed by atoms with Gasteiger partial charge in [0.2, 0.25) is 5.75 Å². The van der Waals surface area contributed by atoms with Gasteiger partial charge < -0.3 is 4.74 Å². The molecule has 0 bridgehead atoms. The minimum Gasteiger partial charge on any atom is -0.486 e. The second-order valence-corrected chi connectivity index (χ2v) is 4.71. The van der Waals surface area contributed by atoms with E-state index in [0.717, 1.165) is 0 Å². The number of ether oxygens (including phenoxy) is 1. The van der Waals surface area contributed by atoms with E-state index < -0.39 is 4.92 Å². The minimum atomic E-state index is -0.543. The molecule has 1 aromatic rings. The summed E-state index contributed by atoms with van der Waals surface area (Å²) >= 11 is 5.95. The van der Waals surface area contributed by atoms with E-state index >= 15 is 0 Å². The maximum atomic E-state index is 10.9. The molecule has 0 amide bonds. The van der Waals surface area contributed by atoms with Crippen LogP contribution in [0.2, 0.25) is 0 Å². The molecule has 0 aliphatic rings. The van der Waals surface area contributed by atoms with Crippen molar-refractivity contribution in [2.75, 3.05) is 12.4 Å². The lowest BCUT2D eigenvalue weighted by molar-refractivity contribution is -0.386. The van der Waals surface area contributed by atoms with Crippen molar-refractivity contribution >= 4 is 40.9 Å². The number of nitro benzene ring substituents is 1. The van der Waals surface area contributed by atoms with Gasteiger partial charge in [0.1, 0.15) is 0 Å². The average Bonchev–Trinajstić information content (AvgIpc) is 2.30. The van der Waals surface area contributed by atoms with Crippen LogP contribution in [0.15, 0.2) is 12.1 Å². The molecule has 0 saturated heterocycles. The van der Waals surface area contributed by atoms with Gasteiger partial charge in [-0.15, -0.1) is 0 Å². The largest absolute Gasteiger partial charge is 0.486 e. The summed E-state index contributed by atoms with van der Waals surface area (Å²) < 4.78 is 5.92. The molecular formula is C10H9IN2O3S. The summed E-state index contributed by atoms with van der Waals surface area (Å²) in [5, 5.41) is 19.6. The van der Waals surface area contributed by atoms with E-state index in [9.17, 15) is 10.1 Å². The van der Waals surface area contributed by atoms with E-state index in [0.29, 0.717) is 22.4 Å². The second-order valence-electron chi connectivity index (χ2n) is 3.10. The van der Waals surface area contributed by atoms with Gasteiger partial charge in [-0.1, -0.05) is 0 Å². The van der Waals surface area contributed by atoms with Crippen LogP contribution in [0, 0.1) is 25.0 Å². The Bertz CT molecular complexity index is 473. The third kappa shape index (κ3) is 3.74. The predicted octanol–water partition coefficient (Wildman–Crippen LogP) is 2.77. The smallest absolute Gasteiger partial charge is 0.313 e. The van der Waals surface area contributed by atoms with Crippen molar-refractivity contribution in [3.8, 4) is 11.8 Å². The zero-order chi connectivity index (χ0) is 12.8. The summed E-state index contributed by atoms with van der Waals surface area (Å²) in [5.41, 5.74) is 0.0789. The van der Waals surface area contributed by atoms with Crippen LogP contribution in [0.1, 0.15) is 12.0 Å². The number of nitriles is 1. The van der Waals surface area contributed by atoms with Crippen LogP contribution in [0.4, 0.5) is 5.69 Å². The summed E-state index contributed by atoms with van der Waals surface area (Å²) in [6.07, 6.45) is 0.705. The molecule has 1 rings (SSSR count). The molecule has 0 N–H and O–H groups in total. The molecule has 0 heterocycles. The van der Waals surface area contributed by atoms with Crippen LogP contribution in [0.3, 0.4) is 0 Å². The van der Waals surface area contributed by atoms with Crippen LogP contribution >= 0.6 is 35.2 Å². The Morgan fingerprint density at radius 2 is 2.29 bits per heavy atom. The highest BCUT2D eigenvalue weighted by Gasteiger charge is 2.20. The number of benzene rings is 1. The van der Waals surface area contributed by atoms with E-state index in [1.54, 1.807) is 6.07 Å². The standard InChI is InChI=1S/C10H9IN2O3S/c11-8-4-7(6-12)5-9(13(14)15)10(8)16-2-1-3-17/h4-5,17H,1-3H2. The molecule has 17 heavy (non-hydrogen) atoms. The molecule has 0 aromatic heterocycles. The van der Waals surface area contributed by atoms with Crippen molar-refractivity contribution in [1.82, 2.24) is 0 Å². The minimum absolute atomic E-state index is 0.174. The fourth-order valence-electron chi connectivity index (χ4n) is 1.16. The van der Waals surface area contributed by atoms with Crippen molar-refractivity contribution in [2.45, 2.75) is 6.42 Å². The third-order valence-corrected chi connectivity index (χ3v) is 3.02. The molecule has 0 spiro atoms. The Kier molecular flexibility index (Phi) is 5.50. The number of nitrogens with zero attached hydrogens (tertiary/aromatic N) is 2. The van der Waals surface area contributed by atoms with Gasteiger partial charge in [0, 0.05) is 6.07 Å². The van der Waals surface area contributed by atoms with Gasteiger partial charge >= 0.3 is 5.69 Å². The lowest BCUT2D eigenvalue weighted by Gasteiger charge is -2.08. The highest BCUT2D eigenvalue weighted by Crippen LogP contribution is 2.33. The van der Waals surface area contributed by atoms with Crippen LogP contribution in [-0.4, -0.2) is 17.3 Å². The van der Waals surface area contributed by atoms with Gasteiger partial charge in [0.25, 0.3) is 0 Å². The van der Waals surface area contributed by atoms with Gasteiger partial charge in [-0.25, -0.2) is 0 Å². The van der Waals surface area contributed by atoms with Gasteiger partial charge in [-0.2, -0.15) is 17.9 Å². The van der Waals surface area contributed by atoms with E-state index in [1.807, 2.05) is 28.7 Å². The first-order valence-corrected chi connectivity index (χ1v) is 6.43. The van der Waals surface area contributed by atoms with E-state index in [1.165, 1.54) is 6.07 Å². The normalized spacial score (nSPS) is 9.71. The maximum Gasteiger partial charge on any atom is 0.313 e. The average molecular weight is 364 g/mol. The van der Waals surface area contributed by atoms with Crippen molar-refractivity contribution in [3.63, 3.8) is 0 Å². The Balaban J connectivity index is 3.09. The highest BCUT2D eigenvalue weighted by molar-refractivity contribution is 14.1. The van der Waals surface area contributed by atoms with Crippen LogP contribution in [0.25, 0.3) is 0 Å². The number of hydrogen-bond donors (Lipinski definition) is 1. The molecule has 0 aliphatic heterocycles. The topological polar surface area (TPSA) is 76.2 Å². The summed E-state index contributed by atoms with van der Waals surface area (Å²) in [5.74, 6) is 0.872. The zero-order valence-electron chi connectivity index (χ0n) is 8.72. The highest BCUT2D eigenvalue weighted by atomic mass is 127. The summed E-state index contributed by atoms with van der Waals surface area (Å²) in [7, 11) is 0. The lowest BCUT2D eigenvalue weighted by atomic mass is 10.2. The maximum absolute atomic E-state index is 10.9. The molecule has 0 radical (unpaired) electrons. The van der Waals surface area contributed by atoms with E-state index in [-0.39, 0.29) is 17.0 Å². The van der Waals surface area contributed by atoms with Gasteiger partial charge in [0.05, 0.1) is 26.7 Å². The fraction of sp³-hybridized carbons (Fsp3) is 0.300. The fourth-order valence-corrected chi connectivity index (χ4v) is 2.06. The van der Waals surface area contributed by atoms with Crippen LogP contribution in [0.5, 0.6) is 5.75 Å². The lowest BCUT2D eigenvalue weighted by Crippen LogP contribution is -2.03. The van der Waals surface area contributed by atoms with E-state index in [2.05, 4.69) is 12.6 Å². The molecule has 1 aromatic carbocycles. The number of thiol groups is 1. The van der Waals surface area contributed by atoms with Crippen molar-refractivity contribution in [2.24, 2.45) is 0 Å². The number of rotatable bonds is 5. The Labute approximate surface area is 117 Å². The Morgan fingerprint density at radius 3 is 2.82 bits per heavy atom. The summed E-state index contributed by atoms with van der Waals surface area (Å²) in [6.45, 7) is 0.367.